The number of carbonyl (C=O) groups is 2. The van der Waals surface area contributed by atoms with E-state index in [1.54, 1.807) is 18.3 Å². The van der Waals surface area contributed by atoms with Crippen molar-refractivity contribution in [3.05, 3.63) is 30.1 Å². The van der Waals surface area contributed by atoms with Crippen molar-refractivity contribution >= 4 is 11.8 Å². The zero-order valence-corrected chi connectivity index (χ0v) is 12.7. The number of piperidine rings is 1. The molecule has 1 aromatic rings. The van der Waals surface area contributed by atoms with Crippen LogP contribution >= 0.6 is 0 Å². The lowest BCUT2D eigenvalue weighted by molar-refractivity contribution is -0.135. The third-order valence-corrected chi connectivity index (χ3v) is 3.81. The van der Waals surface area contributed by atoms with Crippen molar-refractivity contribution in [2.24, 2.45) is 5.92 Å². The molecule has 0 aromatic carbocycles. The summed E-state index contributed by atoms with van der Waals surface area (Å²) >= 11 is 0. The second-order valence-electron chi connectivity index (χ2n) is 5.82. The van der Waals surface area contributed by atoms with Gasteiger partial charge in [-0.15, -0.1) is 0 Å². The lowest BCUT2D eigenvalue weighted by atomic mass is 10.0. The Balaban J connectivity index is 2.05. The minimum atomic E-state index is -0.476. The molecule has 5 nitrogen and oxygen atoms in total. The molecule has 1 fully saturated rings. The first-order chi connectivity index (χ1) is 10.1. The number of pyridine rings is 1. The van der Waals surface area contributed by atoms with E-state index in [2.05, 4.69) is 10.3 Å². The molecule has 0 aliphatic carbocycles. The van der Waals surface area contributed by atoms with Gasteiger partial charge >= 0.3 is 0 Å². The molecular weight excluding hydrogens is 266 g/mol. The van der Waals surface area contributed by atoms with Gasteiger partial charge in [-0.25, -0.2) is 0 Å². The van der Waals surface area contributed by atoms with Crippen LogP contribution in [0.5, 0.6) is 0 Å². The number of aromatic nitrogens is 1. The quantitative estimate of drug-likeness (QED) is 0.920. The van der Waals surface area contributed by atoms with E-state index in [-0.39, 0.29) is 17.7 Å². The van der Waals surface area contributed by atoms with Gasteiger partial charge in [0.25, 0.3) is 5.91 Å². The number of nitrogens with zero attached hydrogens (tertiary/aromatic N) is 2. The van der Waals surface area contributed by atoms with Crippen LogP contribution in [-0.2, 0) is 4.79 Å². The van der Waals surface area contributed by atoms with Crippen LogP contribution < -0.4 is 5.32 Å². The van der Waals surface area contributed by atoms with Crippen LogP contribution in [0.2, 0.25) is 0 Å². The van der Waals surface area contributed by atoms with Gasteiger partial charge < -0.3 is 10.2 Å². The van der Waals surface area contributed by atoms with Crippen LogP contribution in [0.25, 0.3) is 0 Å². The zero-order chi connectivity index (χ0) is 15.2. The SMILES string of the molecule is CC(C)[C@H](NC(=O)c1cccnc1)C(=O)N1CCCCC1. The maximum Gasteiger partial charge on any atom is 0.253 e. The van der Waals surface area contributed by atoms with E-state index in [1.165, 1.54) is 12.6 Å². The summed E-state index contributed by atoms with van der Waals surface area (Å²) in [5, 5.41) is 2.86. The molecule has 1 aliphatic heterocycles. The molecule has 21 heavy (non-hydrogen) atoms. The molecule has 2 amide bonds. The van der Waals surface area contributed by atoms with Crippen molar-refractivity contribution in [1.82, 2.24) is 15.2 Å². The third-order valence-electron chi connectivity index (χ3n) is 3.81. The molecule has 1 aromatic heterocycles. The second kappa shape index (κ2) is 7.20. The van der Waals surface area contributed by atoms with E-state index >= 15 is 0 Å². The molecule has 0 bridgehead atoms. The van der Waals surface area contributed by atoms with Crippen molar-refractivity contribution in [2.75, 3.05) is 13.1 Å². The van der Waals surface area contributed by atoms with Crippen LogP contribution in [-0.4, -0.2) is 40.8 Å². The Morgan fingerprint density at radius 1 is 1.24 bits per heavy atom. The minimum Gasteiger partial charge on any atom is -0.341 e. The molecule has 1 atom stereocenters. The van der Waals surface area contributed by atoms with Crippen molar-refractivity contribution < 1.29 is 9.59 Å². The molecule has 1 saturated heterocycles. The normalized spacial score (nSPS) is 16.6. The summed E-state index contributed by atoms with van der Waals surface area (Å²) in [6, 6.07) is 2.94. The van der Waals surface area contributed by atoms with Crippen LogP contribution in [0.1, 0.15) is 43.5 Å². The first-order valence-corrected chi connectivity index (χ1v) is 7.59. The second-order valence-corrected chi connectivity index (χ2v) is 5.82. The standard InChI is InChI=1S/C16H23N3O2/c1-12(2)14(16(21)19-9-4-3-5-10-19)18-15(20)13-7-6-8-17-11-13/h6-8,11-12,14H,3-5,9-10H2,1-2H3,(H,18,20)/t14-/m0/s1. The first-order valence-electron chi connectivity index (χ1n) is 7.59. The number of rotatable bonds is 4. The summed E-state index contributed by atoms with van der Waals surface area (Å²) in [6.07, 6.45) is 6.41. The Hall–Kier alpha value is -1.91. The maximum absolute atomic E-state index is 12.6. The van der Waals surface area contributed by atoms with Crippen molar-refractivity contribution in [3.63, 3.8) is 0 Å². The molecule has 0 saturated carbocycles. The van der Waals surface area contributed by atoms with E-state index in [1.807, 2.05) is 18.7 Å². The zero-order valence-electron chi connectivity index (χ0n) is 12.7. The van der Waals surface area contributed by atoms with Gasteiger partial charge in [0, 0.05) is 25.5 Å². The fraction of sp³-hybridized carbons (Fsp3) is 0.562. The van der Waals surface area contributed by atoms with E-state index < -0.39 is 6.04 Å². The van der Waals surface area contributed by atoms with Gasteiger partial charge in [-0.1, -0.05) is 13.8 Å². The van der Waals surface area contributed by atoms with E-state index in [4.69, 9.17) is 0 Å². The number of likely N-dealkylation sites (tertiary alicyclic amines) is 1. The summed E-state index contributed by atoms with van der Waals surface area (Å²) in [4.78, 5) is 30.6. The summed E-state index contributed by atoms with van der Waals surface area (Å²) < 4.78 is 0. The van der Waals surface area contributed by atoms with Gasteiger partial charge in [0.1, 0.15) is 6.04 Å². The monoisotopic (exact) mass is 289 g/mol. The molecule has 1 N–H and O–H groups in total. The molecule has 114 valence electrons. The molecule has 1 aliphatic rings. The van der Waals surface area contributed by atoms with Crippen LogP contribution in [0.3, 0.4) is 0 Å². The molecule has 2 heterocycles. The summed E-state index contributed by atoms with van der Waals surface area (Å²) in [7, 11) is 0. The van der Waals surface area contributed by atoms with Crippen molar-refractivity contribution in [3.8, 4) is 0 Å². The number of hydrogen-bond acceptors (Lipinski definition) is 3. The topological polar surface area (TPSA) is 62.3 Å². The predicted octanol–water partition coefficient (Wildman–Crippen LogP) is 1.85. The first kappa shape index (κ1) is 15.5. The van der Waals surface area contributed by atoms with Crippen molar-refractivity contribution in [1.29, 1.82) is 0 Å². The van der Waals surface area contributed by atoms with Crippen LogP contribution in [0.4, 0.5) is 0 Å². The lowest BCUT2D eigenvalue weighted by Crippen LogP contribution is -2.52. The average molecular weight is 289 g/mol. The molecule has 0 radical (unpaired) electrons. The highest BCUT2D eigenvalue weighted by atomic mass is 16.2. The van der Waals surface area contributed by atoms with Gasteiger partial charge in [0.05, 0.1) is 5.56 Å². The van der Waals surface area contributed by atoms with Crippen molar-refractivity contribution in [2.45, 2.75) is 39.2 Å². The van der Waals surface area contributed by atoms with Gasteiger partial charge in [-0.3, -0.25) is 14.6 Å². The summed E-state index contributed by atoms with van der Waals surface area (Å²) in [6.45, 7) is 5.50. The Labute approximate surface area is 125 Å². The van der Waals surface area contributed by atoms with Gasteiger partial charge in [0.15, 0.2) is 0 Å². The van der Waals surface area contributed by atoms with E-state index in [9.17, 15) is 9.59 Å². The van der Waals surface area contributed by atoms with E-state index in [0.717, 1.165) is 25.9 Å². The largest absolute Gasteiger partial charge is 0.341 e. The Bertz CT molecular complexity index is 482. The molecule has 0 unspecified atom stereocenters. The summed E-state index contributed by atoms with van der Waals surface area (Å²) in [5.41, 5.74) is 0.481. The lowest BCUT2D eigenvalue weighted by Gasteiger charge is -2.32. The molecule has 0 spiro atoms. The summed E-state index contributed by atoms with van der Waals surface area (Å²) in [5.74, 6) is -0.158. The maximum atomic E-state index is 12.6. The highest BCUT2D eigenvalue weighted by Gasteiger charge is 2.29. The van der Waals surface area contributed by atoms with Gasteiger partial charge in [-0.05, 0) is 37.3 Å². The fourth-order valence-electron chi connectivity index (χ4n) is 2.55. The highest BCUT2D eigenvalue weighted by molar-refractivity contribution is 5.97. The van der Waals surface area contributed by atoms with E-state index in [0.29, 0.717) is 5.56 Å². The Morgan fingerprint density at radius 2 is 1.95 bits per heavy atom. The Kier molecular flexibility index (Phi) is 5.31. The predicted molar refractivity (Wildman–Crippen MR) is 80.8 cm³/mol. The highest BCUT2D eigenvalue weighted by Crippen LogP contribution is 2.14. The van der Waals surface area contributed by atoms with Crippen LogP contribution in [0, 0.1) is 5.92 Å². The third kappa shape index (κ3) is 4.03. The van der Waals surface area contributed by atoms with Gasteiger partial charge in [0.2, 0.25) is 5.91 Å². The molecule has 2 rings (SSSR count). The number of nitrogens with one attached hydrogen (secondary N) is 1. The minimum absolute atomic E-state index is 0.0296. The Morgan fingerprint density at radius 3 is 2.52 bits per heavy atom. The molecular formula is C16H23N3O2. The number of amides is 2. The molecule has 5 heteroatoms. The van der Waals surface area contributed by atoms with Crippen LogP contribution in [0.15, 0.2) is 24.5 Å². The van der Waals surface area contributed by atoms with Gasteiger partial charge in [-0.2, -0.15) is 0 Å². The number of hydrogen-bond donors (Lipinski definition) is 1. The smallest absolute Gasteiger partial charge is 0.253 e. The number of carbonyl (C=O) groups excluding carboxylic acids is 2. The average Bonchev–Trinajstić information content (AvgIpc) is 2.53. The fourth-order valence-corrected chi connectivity index (χ4v) is 2.55.